The summed E-state index contributed by atoms with van der Waals surface area (Å²) in [6.07, 6.45) is 0.102. The van der Waals surface area contributed by atoms with Crippen molar-refractivity contribution in [2.45, 2.75) is 19.4 Å². The number of aliphatic hydroxyl groups excluding tert-OH is 1. The Labute approximate surface area is 127 Å². The first-order chi connectivity index (χ1) is 9.88. The van der Waals surface area contributed by atoms with Crippen LogP contribution in [0.5, 0.6) is 0 Å². The Kier molecular flexibility index (Phi) is 4.69. The number of likely N-dealkylation sites (tertiary alicyclic amines) is 1. The van der Waals surface area contributed by atoms with Crippen LogP contribution in [0.15, 0.2) is 18.2 Å². The zero-order chi connectivity index (χ0) is 15.6. The molecule has 0 bridgehead atoms. The van der Waals surface area contributed by atoms with Crippen LogP contribution in [0.25, 0.3) is 0 Å². The van der Waals surface area contributed by atoms with E-state index in [2.05, 4.69) is 5.32 Å². The lowest BCUT2D eigenvalue weighted by molar-refractivity contribution is 0.0506. The van der Waals surface area contributed by atoms with Crippen molar-refractivity contribution in [1.82, 2.24) is 4.90 Å². The molecule has 0 radical (unpaired) electrons. The molecule has 1 aromatic rings. The maximum atomic E-state index is 12.2. The molecule has 2 amide bonds. The number of aliphatic hydroxyl groups is 1. The van der Waals surface area contributed by atoms with Gasteiger partial charge in [0.05, 0.1) is 17.4 Å². The second-order valence-electron chi connectivity index (χ2n) is 5.20. The van der Waals surface area contributed by atoms with Crippen molar-refractivity contribution in [1.29, 1.82) is 0 Å². The SMILES string of the molecule is CC1CN(C(=O)Nc2cc(Cl)ccc2C(=O)O)CCC1O. The molecule has 2 rings (SSSR count). The van der Waals surface area contributed by atoms with Gasteiger partial charge in [0.1, 0.15) is 0 Å². The van der Waals surface area contributed by atoms with Gasteiger partial charge in [0.2, 0.25) is 0 Å². The first-order valence-electron chi connectivity index (χ1n) is 6.65. The van der Waals surface area contributed by atoms with E-state index >= 15 is 0 Å². The van der Waals surface area contributed by atoms with Crippen molar-refractivity contribution in [2.24, 2.45) is 5.92 Å². The summed E-state index contributed by atoms with van der Waals surface area (Å²) in [6, 6.07) is 3.83. The molecule has 2 atom stereocenters. The van der Waals surface area contributed by atoms with Gasteiger partial charge in [-0.05, 0) is 30.5 Å². The third kappa shape index (κ3) is 3.65. The fourth-order valence-corrected chi connectivity index (χ4v) is 2.49. The number of nitrogens with one attached hydrogen (secondary N) is 1. The third-order valence-electron chi connectivity index (χ3n) is 3.60. The number of carbonyl (C=O) groups excluding carboxylic acids is 1. The molecule has 0 spiro atoms. The number of amides is 2. The number of carboxylic acids is 1. The lowest BCUT2D eigenvalue weighted by Gasteiger charge is -2.34. The summed E-state index contributed by atoms with van der Waals surface area (Å²) in [6.45, 7) is 2.72. The summed E-state index contributed by atoms with van der Waals surface area (Å²) in [5.74, 6) is -1.15. The minimum atomic E-state index is -1.13. The molecule has 1 aliphatic heterocycles. The number of nitrogens with zero attached hydrogens (tertiary/aromatic N) is 1. The molecule has 6 nitrogen and oxygen atoms in total. The zero-order valence-corrected chi connectivity index (χ0v) is 12.3. The standard InChI is InChI=1S/C14H17ClN2O4/c1-8-7-17(5-4-12(8)18)14(21)16-11-6-9(15)2-3-10(11)13(19)20/h2-3,6,8,12,18H,4-5,7H2,1H3,(H,16,21)(H,19,20). The van der Waals surface area contributed by atoms with Crippen LogP contribution >= 0.6 is 11.6 Å². The Morgan fingerprint density at radius 2 is 2.14 bits per heavy atom. The Hall–Kier alpha value is -1.79. The maximum Gasteiger partial charge on any atom is 0.337 e. The van der Waals surface area contributed by atoms with Gasteiger partial charge < -0.3 is 20.4 Å². The van der Waals surface area contributed by atoms with E-state index in [-0.39, 0.29) is 17.2 Å². The molecule has 3 N–H and O–H groups in total. The van der Waals surface area contributed by atoms with Gasteiger partial charge in [-0.3, -0.25) is 0 Å². The normalized spacial score (nSPS) is 22.0. The lowest BCUT2D eigenvalue weighted by atomic mass is 9.97. The van der Waals surface area contributed by atoms with E-state index in [1.54, 1.807) is 4.90 Å². The molecule has 7 heteroatoms. The number of carbonyl (C=O) groups is 2. The van der Waals surface area contributed by atoms with Crippen LogP contribution in [0.2, 0.25) is 5.02 Å². The van der Waals surface area contributed by atoms with Crippen molar-refractivity contribution < 1.29 is 19.8 Å². The van der Waals surface area contributed by atoms with Crippen LogP contribution in [0.3, 0.4) is 0 Å². The number of rotatable bonds is 2. The molecule has 1 heterocycles. The second-order valence-corrected chi connectivity index (χ2v) is 5.64. The van der Waals surface area contributed by atoms with Crippen LogP contribution in [0.4, 0.5) is 10.5 Å². The molecule has 0 aliphatic carbocycles. The highest BCUT2D eigenvalue weighted by molar-refractivity contribution is 6.31. The highest BCUT2D eigenvalue weighted by atomic mass is 35.5. The number of piperidine rings is 1. The quantitative estimate of drug-likeness (QED) is 0.781. The molecule has 114 valence electrons. The largest absolute Gasteiger partial charge is 0.478 e. The Morgan fingerprint density at radius 3 is 2.76 bits per heavy atom. The minimum absolute atomic E-state index is 0.0113. The van der Waals surface area contributed by atoms with Gasteiger partial charge in [-0.15, -0.1) is 0 Å². The van der Waals surface area contributed by atoms with E-state index < -0.39 is 18.1 Å². The van der Waals surface area contributed by atoms with Crippen LogP contribution in [0.1, 0.15) is 23.7 Å². The lowest BCUT2D eigenvalue weighted by Crippen LogP contribution is -2.46. The molecule has 1 aliphatic rings. The molecule has 1 aromatic carbocycles. The summed E-state index contributed by atoms with van der Waals surface area (Å²) in [5.41, 5.74) is 0.150. The fourth-order valence-electron chi connectivity index (χ4n) is 2.32. The van der Waals surface area contributed by atoms with E-state index in [1.807, 2.05) is 6.92 Å². The number of hydrogen-bond donors (Lipinski definition) is 3. The summed E-state index contributed by atoms with van der Waals surface area (Å²) < 4.78 is 0. The average molecular weight is 313 g/mol. The van der Waals surface area contributed by atoms with Crippen LogP contribution in [0, 0.1) is 5.92 Å². The van der Waals surface area contributed by atoms with E-state index in [0.717, 1.165) is 0 Å². The minimum Gasteiger partial charge on any atom is -0.478 e. The number of benzene rings is 1. The van der Waals surface area contributed by atoms with Crippen molar-refractivity contribution >= 4 is 29.3 Å². The molecule has 0 aromatic heterocycles. The molecule has 2 unspecified atom stereocenters. The topological polar surface area (TPSA) is 89.9 Å². The number of anilines is 1. The average Bonchev–Trinajstić information content (AvgIpc) is 2.41. The summed E-state index contributed by atoms with van der Waals surface area (Å²) in [4.78, 5) is 24.9. The summed E-state index contributed by atoms with van der Waals surface area (Å²) >= 11 is 5.84. The first-order valence-corrected chi connectivity index (χ1v) is 7.03. The van der Waals surface area contributed by atoms with Crippen LogP contribution in [-0.4, -0.2) is 46.3 Å². The second kappa shape index (κ2) is 6.32. The molecule has 1 saturated heterocycles. The summed E-state index contributed by atoms with van der Waals surface area (Å²) in [7, 11) is 0. The molecule has 1 fully saturated rings. The van der Waals surface area contributed by atoms with Gasteiger partial charge in [-0.2, -0.15) is 0 Å². The predicted octanol–water partition coefficient (Wildman–Crippen LogP) is 2.27. The van der Waals surface area contributed by atoms with Crippen molar-refractivity contribution in [3.05, 3.63) is 28.8 Å². The number of hydrogen-bond acceptors (Lipinski definition) is 3. The highest BCUT2D eigenvalue weighted by Gasteiger charge is 2.27. The molecular weight excluding hydrogens is 296 g/mol. The monoisotopic (exact) mass is 312 g/mol. The van der Waals surface area contributed by atoms with Gasteiger partial charge in [0.25, 0.3) is 0 Å². The van der Waals surface area contributed by atoms with E-state index in [0.29, 0.717) is 24.5 Å². The Morgan fingerprint density at radius 1 is 1.43 bits per heavy atom. The zero-order valence-electron chi connectivity index (χ0n) is 11.5. The van der Waals surface area contributed by atoms with E-state index in [4.69, 9.17) is 16.7 Å². The number of urea groups is 1. The van der Waals surface area contributed by atoms with Gasteiger partial charge in [-0.25, -0.2) is 9.59 Å². The molecule has 0 saturated carbocycles. The van der Waals surface area contributed by atoms with Crippen molar-refractivity contribution in [3.63, 3.8) is 0 Å². The Bertz CT molecular complexity index is 564. The number of carboxylic acid groups (broad SMARTS) is 1. The third-order valence-corrected chi connectivity index (χ3v) is 3.84. The van der Waals surface area contributed by atoms with Gasteiger partial charge in [0.15, 0.2) is 0 Å². The van der Waals surface area contributed by atoms with Gasteiger partial charge in [0, 0.05) is 18.1 Å². The Balaban J connectivity index is 2.13. The highest BCUT2D eigenvalue weighted by Crippen LogP contribution is 2.23. The number of halogens is 1. The maximum absolute atomic E-state index is 12.2. The van der Waals surface area contributed by atoms with Crippen LogP contribution in [-0.2, 0) is 0 Å². The predicted molar refractivity (Wildman–Crippen MR) is 78.8 cm³/mol. The smallest absolute Gasteiger partial charge is 0.337 e. The van der Waals surface area contributed by atoms with Crippen molar-refractivity contribution in [2.75, 3.05) is 18.4 Å². The molecular formula is C14H17ClN2O4. The first kappa shape index (κ1) is 15.6. The van der Waals surface area contributed by atoms with Crippen molar-refractivity contribution in [3.8, 4) is 0 Å². The number of aromatic carboxylic acids is 1. The summed E-state index contributed by atoms with van der Waals surface area (Å²) in [5, 5.41) is 21.7. The van der Waals surface area contributed by atoms with E-state index in [1.165, 1.54) is 18.2 Å². The van der Waals surface area contributed by atoms with Crippen LogP contribution < -0.4 is 5.32 Å². The fraction of sp³-hybridized carbons (Fsp3) is 0.429. The van der Waals surface area contributed by atoms with Gasteiger partial charge in [-0.1, -0.05) is 18.5 Å². The molecule has 21 heavy (non-hydrogen) atoms. The van der Waals surface area contributed by atoms with E-state index in [9.17, 15) is 14.7 Å². The van der Waals surface area contributed by atoms with Gasteiger partial charge >= 0.3 is 12.0 Å².